The molecule has 150 valence electrons. The molecule has 0 aliphatic heterocycles. The number of amides is 1. The minimum absolute atomic E-state index is 0.00584. The molecular formula is C18H19ClN2O6S. The average Bonchev–Trinajstić information content (AvgIpc) is 2.66. The van der Waals surface area contributed by atoms with Crippen LogP contribution >= 0.6 is 11.6 Å². The summed E-state index contributed by atoms with van der Waals surface area (Å²) in [5, 5.41) is 2.60. The first-order valence-corrected chi connectivity index (χ1v) is 9.80. The first-order chi connectivity index (χ1) is 13.2. The summed E-state index contributed by atoms with van der Waals surface area (Å²) in [6.45, 7) is -0.394. The van der Waals surface area contributed by atoms with Crippen molar-refractivity contribution in [2.45, 2.75) is 4.90 Å². The fraction of sp³-hybridized carbons (Fsp3) is 0.222. The SMILES string of the molecule is COC(=O)c1ccccc1NC(=O)COc1ccc(S(=O)(=O)N(C)C)cc1Cl. The number of hydrogen-bond acceptors (Lipinski definition) is 6. The van der Waals surface area contributed by atoms with Gasteiger partial charge in [-0.05, 0) is 30.3 Å². The highest BCUT2D eigenvalue weighted by molar-refractivity contribution is 7.89. The number of hydrogen-bond donors (Lipinski definition) is 1. The number of halogens is 1. The summed E-state index contributed by atoms with van der Waals surface area (Å²) in [6.07, 6.45) is 0. The van der Waals surface area contributed by atoms with Crippen LogP contribution in [0.25, 0.3) is 0 Å². The van der Waals surface area contributed by atoms with Gasteiger partial charge in [0.1, 0.15) is 5.75 Å². The number of benzene rings is 2. The van der Waals surface area contributed by atoms with Gasteiger partial charge in [-0.3, -0.25) is 4.79 Å². The number of para-hydroxylation sites is 1. The van der Waals surface area contributed by atoms with Gasteiger partial charge in [-0.2, -0.15) is 0 Å². The van der Waals surface area contributed by atoms with Crippen molar-refractivity contribution in [3.05, 3.63) is 53.1 Å². The van der Waals surface area contributed by atoms with Crippen molar-refractivity contribution < 1.29 is 27.5 Å². The lowest BCUT2D eigenvalue weighted by atomic mass is 10.2. The Kier molecular flexibility index (Phi) is 7.00. The Labute approximate surface area is 168 Å². The average molecular weight is 427 g/mol. The zero-order valence-electron chi connectivity index (χ0n) is 15.4. The van der Waals surface area contributed by atoms with Crippen LogP contribution in [0, 0.1) is 0 Å². The van der Waals surface area contributed by atoms with Gasteiger partial charge >= 0.3 is 5.97 Å². The Balaban J connectivity index is 2.07. The van der Waals surface area contributed by atoms with Gasteiger partial charge in [-0.25, -0.2) is 17.5 Å². The lowest BCUT2D eigenvalue weighted by Gasteiger charge is -2.14. The molecule has 0 unspecified atom stereocenters. The molecule has 0 atom stereocenters. The van der Waals surface area contributed by atoms with E-state index in [2.05, 4.69) is 10.1 Å². The Morgan fingerprint density at radius 1 is 1.14 bits per heavy atom. The summed E-state index contributed by atoms with van der Waals surface area (Å²) in [7, 11) is 0.423. The molecule has 2 aromatic rings. The molecule has 0 saturated heterocycles. The maximum atomic E-state index is 12.1. The summed E-state index contributed by atoms with van der Waals surface area (Å²) >= 11 is 6.07. The maximum absolute atomic E-state index is 12.1. The van der Waals surface area contributed by atoms with E-state index >= 15 is 0 Å². The number of rotatable bonds is 7. The summed E-state index contributed by atoms with van der Waals surface area (Å²) in [4.78, 5) is 23.9. The quantitative estimate of drug-likeness (QED) is 0.682. The molecule has 0 bridgehead atoms. The Bertz CT molecular complexity index is 991. The highest BCUT2D eigenvalue weighted by Gasteiger charge is 2.19. The zero-order valence-corrected chi connectivity index (χ0v) is 17.0. The Hall–Kier alpha value is -2.62. The Morgan fingerprint density at radius 3 is 2.43 bits per heavy atom. The minimum atomic E-state index is -3.63. The van der Waals surface area contributed by atoms with Gasteiger partial charge in [0.25, 0.3) is 5.91 Å². The van der Waals surface area contributed by atoms with Gasteiger partial charge < -0.3 is 14.8 Å². The van der Waals surface area contributed by atoms with Crippen LogP contribution in [0.2, 0.25) is 5.02 Å². The molecule has 8 nitrogen and oxygen atoms in total. The highest BCUT2D eigenvalue weighted by atomic mass is 35.5. The van der Waals surface area contributed by atoms with Gasteiger partial charge in [0, 0.05) is 14.1 Å². The van der Waals surface area contributed by atoms with Crippen molar-refractivity contribution in [1.29, 1.82) is 0 Å². The van der Waals surface area contributed by atoms with Crippen LogP contribution in [0.15, 0.2) is 47.4 Å². The minimum Gasteiger partial charge on any atom is -0.482 e. The molecular weight excluding hydrogens is 408 g/mol. The standard InChI is InChI=1S/C18H19ClN2O6S/c1-21(2)28(24,25)12-8-9-16(14(19)10-12)27-11-17(22)20-15-7-5-4-6-13(15)18(23)26-3/h4-10H,11H2,1-3H3,(H,20,22). The van der Waals surface area contributed by atoms with E-state index in [1.807, 2.05) is 0 Å². The smallest absolute Gasteiger partial charge is 0.339 e. The van der Waals surface area contributed by atoms with E-state index in [1.54, 1.807) is 18.2 Å². The molecule has 0 aliphatic carbocycles. The van der Waals surface area contributed by atoms with Crippen molar-refractivity contribution in [1.82, 2.24) is 4.31 Å². The zero-order chi connectivity index (χ0) is 20.9. The van der Waals surface area contributed by atoms with Crippen molar-refractivity contribution >= 4 is 39.2 Å². The number of nitrogens with one attached hydrogen (secondary N) is 1. The van der Waals surface area contributed by atoms with Gasteiger partial charge in [0.15, 0.2) is 6.61 Å². The summed E-state index contributed by atoms with van der Waals surface area (Å²) in [5.74, 6) is -0.967. The lowest BCUT2D eigenvalue weighted by Crippen LogP contribution is -2.23. The first-order valence-electron chi connectivity index (χ1n) is 7.99. The molecule has 1 amide bonds. The number of nitrogens with zero attached hydrogens (tertiary/aromatic N) is 1. The number of anilines is 1. The van der Waals surface area contributed by atoms with E-state index in [0.29, 0.717) is 0 Å². The molecule has 0 spiro atoms. The van der Waals surface area contributed by atoms with Gasteiger partial charge in [-0.1, -0.05) is 23.7 Å². The molecule has 0 heterocycles. The number of methoxy groups -OCH3 is 1. The van der Waals surface area contributed by atoms with Crippen LogP contribution in [-0.4, -0.2) is 52.4 Å². The second-order valence-corrected chi connectivity index (χ2v) is 8.31. The predicted octanol–water partition coefficient (Wildman–Crippen LogP) is 2.39. The Morgan fingerprint density at radius 2 is 1.82 bits per heavy atom. The van der Waals surface area contributed by atoms with Crippen LogP contribution in [0.3, 0.4) is 0 Å². The number of carbonyl (C=O) groups excluding carboxylic acids is 2. The van der Waals surface area contributed by atoms with Crippen molar-refractivity contribution in [3.63, 3.8) is 0 Å². The largest absolute Gasteiger partial charge is 0.482 e. The molecule has 0 aliphatic rings. The van der Waals surface area contributed by atoms with Crippen LogP contribution in [0.4, 0.5) is 5.69 Å². The van der Waals surface area contributed by atoms with Crippen molar-refractivity contribution in [2.75, 3.05) is 33.1 Å². The third-order valence-corrected chi connectivity index (χ3v) is 5.75. The van der Waals surface area contributed by atoms with E-state index in [-0.39, 0.29) is 26.9 Å². The maximum Gasteiger partial charge on any atom is 0.339 e. The fourth-order valence-electron chi connectivity index (χ4n) is 2.18. The van der Waals surface area contributed by atoms with E-state index in [0.717, 1.165) is 4.31 Å². The second kappa shape index (κ2) is 9.05. The molecule has 0 radical (unpaired) electrons. The third kappa shape index (κ3) is 5.00. The van der Waals surface area contributed by atoms with Crippen LogP contribution < -0.4 is 10.1 Å². The van der Waals surface area contributed by atoms with Gasteiger partial charge in [0.05, 0.1) is 28.3 Å². The molecule has 2 aromatic carbocycles. The van der Waals surface area contributed by atoms with Gasteiger partial charge in [-0.15, -0.1) is 0 Å². The molecule has 0 fully saturated rings. The topological polar surface area (TPSA) is 102 Å². The summed E-state index contributed by atoms with van der Waals surface area (Å²) in [5.41, 5.74) is 0.482. The third-order valence-electron chi connectivity index (χ3n) is 3.65. The molecule has 10 heteroatoms. The normalized spacial score (nSPS) is 11.2. The summed E-state index contributed by atoms with van der Waals surface area (Å²) in [6, 6.07) is 10.3. The van der Waals surface area contributed by atoms with E-state index in [9.17, 15) is 18.0 Å². The number of esters is 1. The fourth-order valence-corrected chi connectivity index (χ4v) is 3.41. The van der Waals surface area contributed by atoms with Crippen LogP contribution in [0.5, 0.6) is 5.75 Å². The highest BCUT2D eigenvalue weighted by Crippen LogP contribution is 2.28. The predicted molar refractivity (Wildman–Crippen MR) is 104 cm³/mol. The monoisotopic (exact) mass is 426 g/mol. The number of carbonyl (C=O) groups is 2. The van der Waals surface area contributed by atoms with E-state index in [1.165, 1.54) is 45.5 Å². The second-order valence-electron chi connectivity index (χ2n) is 5.75. The molecule has 0 saturated carbocycles. The van der Waals surface area contributed by atoms with Gasteiger partial charge in [0.2, 0.25) is 10.0 Å². The van der Waals surface area contributed by atoms with Crippen molar-refractivity contribution in [3.8, 4) is 5.75 Å². The number of ether oxygens (including phenoxy) is 2. The van der Waals surface area contributed by atoms with Crippen LogP contribution in [0.1, 0.15) is 10.4 Å². The summed E-state index contributed by atoms with van der Waals surface area (Å²) < 4.78 is 35.3. The lowest BCUT2D eigenvalue weighted by molar-refractivity contribution is -0.118. The molecule has 1 N–H and O–H groups in total. The van der Waals surface area contributed by atoms with E-state index < -0.39 is 28.5 Å². The first kappa shape index (κ1) is 21.7. The molecule has 0 aromatic heterocycles. The van der Waals surface area contributed by atoms with Crippen LogP contribution in [-0.2, 0) is 19.6 Å². The van der Waals surface area contributed by atoms with E-state index in [4.69, 9.17) is 16.3 Å². The molecule has 28 heavy (non-hydrogen) atoms. The van der Waals surface area contributed by atoms with Crippen molar-refractivity contribution in [2.24, 2.45) is 0 Å². The molecule has 2 rings (SSSR count). The number of sulfonamides is 1.